The fraction of sp³-hybridized carbons (Fsp3) is 0.185. The highest BCUT2D eigenvalue weighted by Gasteiger charge is 2.21. The van der Waals surface area contributed by atoms with Crippen LogP contribution in [0, 0.1) is 12.7 Å². The zero-order chi connectivity index (χ0) is 23.4. The van der Waals surface area contributed by atoms with Crippen LogP contribution in [0.4, 0.5) is 4.39 Å². The lowest BCUT2D eigenvalue weighted by Crippen LogP contribution is -2.12. The Kier molecular flexibility index (Phi) is 6.54. The highest BCUT2D eigenvalue weighted by molar-refractivity contribution is 5.69. The van der Waals surface area contributed by atoms with Crippen molar-refractivity contribution in [2.45, 2.75) is 25.9 Å². The van der Waals surface area contributed by atoms with Gasteiger partial charge in [-0.15, -0.1) is 0 Å². The molecule has 5 nitrogen and oxygen atoms in total. The van der Waals surface area contributed by atoms with Crippen molar-refractivity contribution >= 4 is 5.97 Å². The third-order valence-electron chi connectivity index (χ3n) is 5.67. The Balaban J connectivity index is 1.48. The first kappa shape index (κ1) is 22.3. The van der Waals surface area contributed by atoms with Gasteiger partial charge in [-0.3, -0.25) is 4.79 Å². The van der Waals surface area contributed by atoms with E-state index in [1.54, 1.807) is 24.5 Å². The van der Waals surface area contributed by atoms with Gasteiger partial charge in [0, 0.05) is 19.4 Å². The topological polar surface area (TPSA) is 64.3 Å². The molecule has 1 N–H and O–H groups in total. The number of aromatic nitrogens is 2. The minimum atomic E-state index is -0.878. The largest absolute Gasteiger partial charge is 0.489 e. The van der Waals surface area contributed by atoms with Crippen molar-refractivity contribution < 1.29 is 19.0 Å². The summed E-state index contributed by atoms with van der Waals surface area (Å²) >= 11 is 0. The summed E-state index contributed by atoms with van der Waals surface area (Å²) in [4.78, 5) is 15.7. The molecule has 0 aliphatic heterocycles. The summed E-state index contributed by atoms with van der Waals surface area (Å²) in [6.07, 6.45) is 3.43. The van der Waals surface area contributed by atoms with Gasteiger partial charge in [0.25, 0.3) is 0 Å². The normalized spacial score (nSPS) is 11.8. The van der Waals surface area contributed by atoms with Gasteiger partial charge in [0.15, 0.2) is 0 Å². The highest BCUT2D eigenvalue weighted by atomic mass is 19.1. The Labute approximate surface area is 192 Å². The average Bonchev–Trinajstić information content (AvgIpc) is 3.23. The molecule has 168 valence electrons. The van der Waals surface area contributed by atoms with Gasteiger partial charge in [0.05, 0.1) is 12.3 Å². The summed E-state index contributed by atoms with van der Waals surface area (Å²) < 4.78 is 21.5. The average molecular weight is 445 g/mol. The molecule has 3 aromatic carbocycles. The Morgan fingerprint density at radius 1 is 1.12 bits per heavy atom. The lowest BCUT2D eigenvalue weighted by Gasteiger charge is -2.16. The fourth-order valence-electron chi connectivity index (χ4n) is 3.94. The molecule has 0 aliphatic rings. The van der Waals surface area contributed by atoms with Gasteiger partial charge >= 0.3 is 5.97 Å². The SMILES string of the molecule is Cc1ccc(F)cc1-c1cccc(COc2ccc([C@H](CC(=O)O)c3nccn3C)cc2)c1. The second-order valence-corrected chi connectivity index (χ2v) is 8.06. The van der Waals surface area contributed by atoms with Crippen LogP contribution in [0.3, 0.4) is 0 Å². The number of carboxylic acids is 1. The maximum absolute atomic E-state index is 13.7. The van der Waals surface area contributed by atoms with Crippen molar-refractivity contribution in [3.63, 3.8) is 0 Å². The van der Waals surface area contributed by atoms with Crippen LogP contribution in [0.15, 0.2) is 79.1 Å². The summed E-state index contributed by atoms with van der Waals surface area (Å²) in [6, 6.07) is 20.1. The zero-order valence-electron chi connectivity index (χ0n) is 18.5. The van der Waals surface area contributed by atoms with E-state index in [1.807, 2.05) is 67.1 Å². The molecule has 1 heterocycles. The van der Waals surface area contributed by atoms with Crippen molar-refractivity contribution in [3.8, 4) is 16.9 Å². The molecule has 0 bridgehead atoms. The molecule has 0 aliphatic carbocycles. The van der Waals surface area contributed by atoms with Gasteiger partial charge in [0.2, 0.25) is 0 Å². The van der Waals surface area contributed by atoms with Crippen molar-refractivity contribution in [1.82, 2.24) is 9.55 Å². The summed E-state index contributed by atoms with van der Waals surface area (Å²) in [5.74, 6) is -0.0981. The van der Waals surface area contributed by atoms with E-state index in [1.165, 1.54) is 6.07 Å². The minimum Gasteiger partial charge on any atom is -0.489 e. The second kappa shape index (κ2) is 9.69. The van der Waals surface area contributed by atoms with Crippen molar-refractivity contribution in [3.05, 3.63) is 107 Å². The molecule has 1 aromatic heterocycles. The molecular weight excluding hydrogens is 419 g/mol. The Hall–Kier alpha value is -3.93. The predicted molar refractivity (Wildman–Crippen MR) is 125 cm³/mol. The molecule has 0 saturated carbocycles. The summed E-state index contributed by atoms with van der Waals surface area (Å²) in [5, 5.41) is 9.35. The van der Waals surface area contributed by atoms with E-state index in [4.69, 9.17) is 4.74 Å². The van der Waals surface area contributed by atoms with E-state index in [9.17, 15) is 14.3 Å². The third kappa shape index (κ3) is 5.29. The molecule has 0 amide bonds. The number of hydrogen-bond donors (Lipinski definition) is 1. The van der Waals surface area contributed by atoms with Crippen LogP contribution in [0.1, 0.15) is 34.9 Å². The number of aryl methyl sites for hydroxylation is 2. The maximum Gasteiger partial charge on any atom is 0.304 e. The number of rotatable bonds is 8. The van der Waals surface area contributed by atoms with Crippen LogP contribution in [0.2, 0.25) is 0 Å². The number of imidazole rings is 1. The zero-order valence-corrected chi connectivity index (χ0v) is 18.5. The minimum absolute atomic E-state index is 0.0443. The second-order valence-electron chi connectivity index (χ2n) is 8.06. The van der Waals surface area contributed by atoms with E-state index in [0.717, 1.165) is 27.8 Å². The van der Waals surface area contributed by atoms with Gasteiger partial charge in [-0.25, -0.2) is 9.37 Å². The lowest BCUT2D eigenvalue weighted by atomic mass is 9.94. The van der Waals surface area contributed by atoms with E-state index in [-0.39, 0.29) is 18.2 Å². The van der Waals surface area contributed by atoms with Crippen LogP contribution in [-0.2, 0) is 18.4 Å². The highest BCUT2D eigenvalue weighted by Crippen LogP contribution is 2.29. The Morgan fingerprint density at radius 3 is 2.61 bits per heavy atom. The van der Waals surface area contributed by atoms with Crippen molar-refractivity contribution in [2.75, 3.05) is 0 Å². The summed E-state index contributed by atoms with van der Waals surface area (Å²) in [7, 11) is 1.86. The summed E-state index contributed by atoms with van der Waals surface area (Å²) in [6.45, 7) is 2.32. The molecule has 0 spiro atoms. The van der Waals surface area contributed by atoms with Gasteiger partial charge < -0.3 is 14.4 Å². The molecule has 4 rings (SSSR count). The first-order chi connectivity index (χ1) is 15.9. The number of carbonyl (C=O) groups is 1. The van der Waals surface area contributed by atoms with Crippen LogP contribution in [0.25, 0.3) is 11.1 Å². The molecule has 4 aromatic rings. The van der Waals surface area contributed by atoms with Crippen LogP contribution < -0.4 is 4.74 Å². The fourth-order valence-corrected chi connectivity index (χ4v) is 3.94. The molecule has 0 unspecified atom stereocenters. The lowest BCUT2D eigenvalue weighted by molar-refractivity contribution is -0.137. The number of halogens is 1. The number of aliphatic carboxylic acids is 1. The van der Waals surface area contributed by atoms with Crippen LogP contribution >= 0.6 is 0 Å². The van der Waals surface area contributed by atoms with E-state index in [0.29, 0.717) is 18.2 Å². The number of nitrogens with zero attached hydrogens (tertiary/aromatic N) is 2. The number of carboxylic acid groups (broad SMARTS) is 1. The summed E-state index contributed by atoms with van der Waals surface area (Å²) in [5.41, 5.74) is 4.64. The maximum atomic E-state index is 13.7. The molecule has 0 fully saturated rings. The van der Waals surface area contributed by atoms with E-state index >= 15 is 0 Å². The molecule has 33 heavy (non-hydrogen) atoms. The van der Waals surface area contributed by atoms with Crippen molar-refractivity contribution in [2.24, 2.45) is 7.05 Å². The standard InChI is InChI=1S/C27H25FN2O3/c1-18-6-9-22(28)15-24(18)21-5-3-4-19(14-21)17-33-23-10-7-20(8-11-23)25(16-26(31)32)27-29-12-13-30(27)2/h3-15,25H,16-17H2,1-2H3,(H,31,32)/t25-/m0/s1. The molecule has 1 atom stereocenters. The van der Waals surface area contributed by atoms with Gasteiger partial charge in [-0.2, -0.15) is 0 Å². The first-order valence-electron chi connectivity index (χ1n) is 10.7. The van der Waals surface area contributed by atoms with Gasteiger partial charge in [-0.05, 0) is 65.1 Å². The van der Waals surface area contributed by atoms with Gasteiger partial charge in [0.1, 0.15) is 24.0 Å². The van der Waals surface area contributed by atoms with Crippen LogP contribution in [-0.4, -0.2) is 20.6 Å². The smallest absolute Gasteiger partial charge is 0.304 e. The van der Waals surface area contributed by atoms with Crippen molar-refractivity contribution in [1.29, 1.82) is 0 Å². The number of hydrogen-bond acceptors (Lipinski definition) is 3. The predicted octanol–water partition coefficient (Wildman–Crippen LogP) is 5.72. The third-order valence-corrected chi connectivity index (χ3v) is 5.67. The van der Waals surface area contributed by atoms with Crippen LogP contribution in [0.5, 0.6) is 5.75 Å². The molecule has 0 saturated heterocycles. The van der Waals surface area contributed by atoms with E-state index < -0.39 is 5.97 Å². The first-order valence-corrected chi connectivity index (χ1v) is 10.7. The number of benzene rings is 3. The molecule has 0 radical (unpaired) electrons. The van der Waals surface area contributed by atoms with Gasteiger partial charge in [-0.1, -0.05) is 36.4 Å². The monoisotopic (exact) mass is 444 g/mol. The van der Waals surface area contributed by atoms with E-state index in [2.05, 4.69) is 4.98 Å². The Bertz CT molecular complexity index is 1260. The molecule has 6 heteroatoms. The molecular formula is C27H25FN2O3. The Morgan fingerprint density at radius 2 is 1.91 bits per heavy atom. The quantitative estimate of drug-likeness (QED) is 0.378. The number of ether oxygens (including phenoxy) is 1.